The van der Waals surface area contributed by atoms with Crippen molar-refractivity contribution in [1.29, 1.82) is 0 Å². The van der Waals surface area contributed by atoms with E-state index < -0.39 is 17.1 Å². The predicted molar refractivity (Wildman–Crippen MR) is 159 cm³/mol. The van der Waals surface area contributed by atoms with Gasteiger partial charge in [-0.25, -0.2) is 4.90 Å². The van der Waals surface area contributed by atoms with Crippen LogP contribution in [0.1, 0.15) is 35.6 Å². The molecule has 3 aliphatic rings. The van der Waals surface area contributed by atoms with E-state index in [1.165, 1.54) is 28.3 Å². The second-order valence-corrected chi connectivity index (χ2v) is 12.6. The third-order valence-electron chi connectivity index (χ3n) is 8.15. The van der Waals surface area contributed by atoms with Crippen LogP contribution in [0.15, 0.2) is 52.3 Å². The molecule has 0 aliphatic carbocycles. The number of benzene rings is 2. The Bertz CT molecular complexity index is 1590. The molecule has 0 radical (unpaired) electrons. The Labute approximate surface area is 251 Å². The first-order valence-electron chi connectivity index (χ1n) is 13.8. The van der Waals surface area contributed by atoms with Gasteiger partial charge in [0.05, 0.1) is 38.0 Å². The number of carbonyl (C=O) groups is 3. The van der Waals surface area contributed by atoms with Crippen LogP contribution in [0.2, 0.25) is 0 Å². The Hall–Kier alpha value is -3.77. The van der Waals surface area contributed by atoms with Gasteiger partial charge in [0.2, 0.25) is 17.7 Å². The zero-order chi connectivity index (χ0) is 29.5. The number of rotatable bonds is 7. The second kappa shape index (κ2) is 11.5. The van der Waals surface area contributed by atoms with Gasteiger partial charge in [-0.1, -0.05) is 29.2 Å². The molecule has 12 heteroatoms. The van der Waals surface area contributed by atoms with Crippen molar-refractivity contribution < 1.29 is 28.6 Å². The maximum atomic E-state index is 14.1. The third kappa shape index (κ3) is 4.76. The van der Waals surface area contributed by atoms with Crippen molar-refractivity contribution in [2.75, 3.05) is 39.3 Å². The van der Waals surface area contributed by atoms with Gasteiger partial charge in [0.15, 0.2) is 11.5 Å². The average Bonchev–Trinajstić information content (AvgIpc) is 3.47. The molecule has 0 spiro atoms. The van der Waals surface area contributed by atoms with Crippen molar-refractivity contribution in [3.05, 3.63) is 62.6 Å². The fraction of sp³-hybridized carbons (Fsp3) is 0.400. The zero-order valence-corrected chi connectivity index (χ0v) is 25.2. The molecule has 42 heavy (non-hydrogen) atoms. The number of imide groups is 1. The maximum absolute atomic E-state index is 14.1. The van der Waals surface area contributed by atoms with Crippen LogP contribution in [0, 0.1) is 5.92 Å². The molecular formula is C30H31N3O7S2. The molecule has 3 atom stereocenters. The minimum atomic E-state index is -0.782. The van der Waals surface area contributed by atoms with Crippen molar-refractivity contribution in [1.82, 2.24) is 9.47 Å². The number of carbonyl (C=O) groups excluding carboxylic acids is 3. The smallest absolute Gasteiger partial charge is 0.308 e. The van der Waals surface area contributed by atoms with Crippen molar-refractivity contribution in [3.8, 4) is 17.2 Å². The molecule has 3 amide bonds. The molecule has 3 aliphatic heterocycles. The third-order valence-corrected chi connectivity index (χ3v) is 10.8. The first-order valence-corrected chi connectivity index (χ1v) is 15.5. The number of amides is 3. The first kappa shape index (κ1) is 28.4. The summed E-state index contributed by atoms with van der Waals surface area (Å²) in [7, 11) is 4.62. The number of fused-ring (bicyclic) bond motifs is 2. The summed E-state index contributed by atoms with van der Waals surface area (Å²) in [6.45, 7) is 1.25. The molecule has 0 bridgehead atoms. The molecule has 1 aromatic heterocycles. The van der Waals surface area contributed by atoms with Crippen LogP contribution >= 0.6 is 23.1 Å². The number of hydrogen-bond acceptors (Lipinski definition) is 9. The minimum absolute atomic E-state index is 0.0992. The van der Waals surface area contributed by atoms with Crippen LogP contribution in [0.5, 0.6) is 17.2 Å². The van der Waals surface area contributed by atoms with Crippen LogP contribution in [0.3, 0.4) is 0 Å². The lowest BCUT2D eigenvalue weighted by Gasteiger charge is -2.31. The lowest BCUT2D eigenvalue weighted by atomic mass is 9.83. The van der Waals surface area contributed by atoms with E-state index in [9.17, 15) is 19.2 Å². The fourth-order valence-electron chi connectivity index (χ4n) is 6.03. The van der Waals surface area contributed by atoms with Gasteiger partial charge >= 0.3 is 4.87 Å². The molecule has 3 aromatic rings. The number of anilines is 1. The number of thiazole rings is 1. The van der Waals surface area contributed by atoms with E-state index in [2.05, 4.69) is 0 Å². The van der Waals surface area contributed by atoms with Crippen molar-refractivity contribution in [3.63, 3.8) is 0 Å². The van der Waals surface area contributed by atoms with Gasteiger partial charge in [-0.15, -0.1) is 0 Å². The summed E-state index contributed by atoms with van der Waals surface area (Å²) in [4.78, 5) is 58.1. The predicted octanol–water partition coefficient (Wildman–Crippen LogP) is 3.74. The number of thioether (sulfide) groups is 1. The van der Waals surface area contributed by atoms with E-state index in [0.717, 1.165) is 36.2 Å². The van der Waals surface area contributed by atoms with Crippen LogP contribution in [-0.2, 0) is 20.9 Å². The maximum Gasteiger partial charge on any atom is 0.308 e. The van der Waals surface area contributed by atoms with Crippen LogP contribution < -0.4 is 24.0 Å². The van der Waals surface area contributed by atoms with E-state index in [1.54, 1.807) is 55.5 Å². The lowest BCUT2D eigenvalue weighted by Crippen LogP contribution is -2.39. The normalized spacial score (nSPS) is 21.6. The summed E-state index contributed by atoms with van der Waals surface area (Å²) in [6.07, 6.45) is 2.98. The van der Waals surface area contributed by atoms with Gasteiger partial charge in [-0.2, -0.15) is 0 Å². The number of methoxy groups -OCH3 is 3. The topological polar surface area (TPSA) is 107 Å². The monoisotopic (exact) mass is 609 g/mol. The van der Waals surface area contributed by atoms with Gasteiger partial charge < -0.3 is 19.1 Å². The van der Waals surface area contributed by atoms with E-state index in [0.29, 0.717) is 45.9 Å². The summed E-state index contributed by atoms with van der Waals surface area (Å²) in [6, 6.07) is 12.2. The molecule has 10 nitrogen and oxygen atoms in total. The number of hydrogen-bond donors (Lipinski definition) is 0. The molecular weight excluding hydrogens is 578 g/mol. The highest BCUT2D eigenvalue weighted by Crippen LogP contribution is 2.54. The molecule has 2 saturated heterocycles. The molecule has 4 heterocycles. The molecule has 3 unspecified atom stereocenters. The van der Waals surface area contributed by atoms with Gasteiger partial charge in [0.1, 0.15) is 17.5 Å². The van der Waals surface area contributed by atoms with Crippen LogP contribution in [0.25, 0.3) is 0 Å². The van der Waals surface area contributed by atoms with Gasteiger partial charge in [-0.05, 0) is 61.2 Å². The molecule has 0 N–H and O–H groups in total. The highest BCUT2D eigenvalue weighted by molar-refractivity contribution is 8.00. The van der Waals surface area contributed by atoms with E-state index in [1.807, 2.05) is 6.07 Å². The Morgan fingerprint density at radius 1 is 0.881 bits per heavy atom. The zero-order valence-electron chi connectivity index (χ0n) is 23.5. The number of ether oxygens (including phenoxy) is 3. The van der Waals surface area contributed by atoms with Gasteiger partial charge in [0, 0.05) is 23.9 Å². The van der Waals surface area contributed by atoms with Gasteiger partial charge in [-0.3, -0.25) is 23.7 Å². The molecule has 2 fully saturated rings. The molecule has 220 valence electrons. The average molecular weight is 610 g/mol. The quantitative estimate of drug-likeness (QED) is 0.373. The van der Waals surface area contributed by atoms with E-state index in [-0.39, 0.29) is 29.1 Å². The number of aromatic nitrogens is 1. The Kier molecular flexibility index (Phi) is 7.75. The number of nitrogens with zero attached hydrogens (tertiary/aromatic N) is 3. The first-order chi connectivity index (χ1) is 20.4. The highest BCUT2D eigenvalue weighted by atomic mass is 32.2. The Balaban J connectivity index is 1.45. The number of piperidine rings is 1. The van der Waals surface area contributed by atoms with Crippen molar-refractivity contribution in [2.24, 2.45) is 5.92 Å². The SMILES string of the molecule is COc1ccc(N2C(=O)C3Sc4c(sc(=O)n4CC(=O)N4CCCCC4)C(c4ccc(OC)c(OC)c4)C3C2=O)cc1. The minimum Gasteiger partial charge on any atom is -0.497 e. The van der Waals surface area contributed by atoms with Crippen molar-refractivity contribution in [2.45, 2.75) is 42.0 Å². The van der Waals surface area contributed by atoms with E-state index in [4.69, 9.17) is 14.2 Å². The summed E-state index contributed by atoms with van der Waals surface area (Å²) in [5, 5.41) is -0.218. The summed E-state index contributed by atoms with van der Waals surface area (Å²) < 4.78 is 17.7. The van der Waals surface area contributed by atoms with Crippen LogP contribution in [0.4, 0.5) is 5.69 Å². The Morgan fingerprint density at radius 3 is 2.26 bits per heavy atom. The molecule has 2 aromatic carbocycles. The second-order valence-electron chi connectivity index (χ2n) is 10.4. The molecule has 6 rings (SSSR count). The summed E-state index contributed by atoms with van der Waals surface area (Å²) >= 11 is 2.24. The lowest BCUT2D eigenvalue weighted by molar-refractivity contribution is -0.133. The van der Waals surface area contributed by atoms with Crippen LogP contribution in [-0.4, -0.2) is 66.9 Å². The fourth-order valence-corrected chi connectivity index (χ4v) is 8.80. The van der Waals surface area contributed by atoms with E-state index >= 15 is 0 Å². The Morgan fingerprint density at radius 2 is 1.60 bits per heavy atom. The molecule has 0 saturated carbocycles. The summed E-state index contributed by atoms with van der Waals surface area (Å²) in [5.74, 6) is -0.575. The van der Waals surface area contributed by atoms with Crippen molar-refractivity contribution >= 4 is 46.5 Å². The number of likely N-dealkylation sites (tertiary alicyclic amines) is 1. The summed E-state index contributed by atoms with van der Waals surface area (Å²) in [5.41, 5.74) is 1.17. The standard InChI is InChI=1S/C30H31N3O7S2/c1-38-19-10-8-18(9-11-19)33-27(35)24-23(17-7-12-20(39-2)21(15-17)40-3)26-29(41-25(24)28(33)36)32(30(37)42-26)16-22(34)31-13-5-4-6-14-31/h7-12,15,23-25H,4-6,13-14,16H2,1-3H3. The largest absolute Gasteiger partial charge is 0.497 e. The highest BCUT2D eigenvalue weighted by Gasteiger charge is 2.57. The van der Waals surface area contributed by atoms with Gasteiger partial charge in [0.25, 0.3) is 0 Å².